The van der Waals surface area contributed by atoms with Crippen molar-refractivity contribution in [3.8, 4) is 5.75 Å². The Hall–Kier alpha value is -1.62. The number of benzene rings is 1. The molecule has 0 saturated carbocycles. The van der Waals surface area contributed by atoms with E-state index in [0.29, 0.717) is 12.1 Å². The van der Waals surface area contributed by atoms with Gasteiger partial charge >= 0.3 is 0 Å². The molecule has 0 aliphatic heterocycles. The van der Waals surface area contributed by atoms with Gasteiger partial charge in [-0.1, -0.05) is 6.07 Å². The first kappa shape index (κ1) is 11.5. The number of aromatic hydroxyl groups is 1. The van der Waals surface area contributed by atoms with Crippen molar-refractivity contribution in [1.82, 2.24) is 4.90 Å². The minimum atomic E-state index is -0.667. The molecule has 1 aromatic carbocycles. The third kappa shape index (κ3) is 3.55. The van der Waals surface area contributed by atoms with Gasteiger partial charge in [0.05, 0.1) is 6.54 Å². The molecule has 1 rings (SSSR count). The highest BCUT2D eigenvalue weighted by Crippen LogP contribution is 2.16. The van der Waals surface area contributed by atoms with Crippen molar-refractivity contribution in [2.75, 3.05) is 13.6 Å². The van der Waals surface area contributed by atoms with Crippen molar-refractivity contribution in [3.63, 3.8) is 0 Å². The van der Waals surface area contributed by atoms with Crippen molar-refractivity contribution in [1.29, 1.82) is 0 Å². The van der Waals surface area contributed by atoms with Gasteiger partial charge in [0, 0.05) is 6.54 Å². The first-order chi connectivity index (χ1) is 6.99. The summed E-state index contributed by atoms with van der Waals surface area (Å²) >= 11 is 0. The van der Waals surface area contributed by atoms with Crippen LogP contribution in [0, 0.1) is 5.82 Å². The molecular formula is C10H13FN2O2. The van der Waals surface area contributed by atoms with E-state index in [9.17, 15) is 9.18 Å². The van der Waals surface area contributed by atoms with Crippen LogP contribution in [0.25, 0.3) is 0 Å². The zero-order chi connectivity index (χ0) is 11.4. The van der Waals surface area contributed by atoms with E-state index < -0.39 is 11.7 Å². The third-order valence-electron chi connectivity index (χ3n) is 1.89. The average molecular weight is 212 g/mol. The number of nitrogens with two attached hydrogens (primary N) is 1. The number of carbonyl (C=O) groups excluding carboxylic acids is 1. The topological polar surface area (TPSA) is 66.6 Å². The van der Waals surface area contributed by atoms with Crippen LogP contribution < -0.4 is 5.73 Å². The van der Waals surface area contributed by atoms with Gasteiger partial charge < -0.3 is 10.8 Å². The molecule has 1 aromatic rings. The lowest BCUT2D eigenvalue weighted by atomic mass is 10.2. The van der Waals surface area contributed by atoms with Crippen molar-refractivity contribution >= 4 is 5.91 Å². The molecule has 0 fully saturated rings. The van der Waals surface area contributed by atoms with Crippen LogP contribution in [-0.4, -0.2) is 29.5 Å². The molecule has 1 amide bonds. The van der Waals surface area contributed by atoms with E-state index in [0.717, 1.165) is 0 Å². The summed E-state index contributed by atoms with van der Waals surface area (Å²) in [5.41, 5.74) is 5.68. The molecule has 0 aromatic heterocycles. The lowest BCUT2D eigenvalue weighted by molar-refractivity contribution is -0.118. The molecule has 0 spiro atoms. The molecule has 0 aliphatic carbocycles. The number of likely N-dealkylation sites (N-methyl/N-ethyl adjacent to an activating group) is 1. The average Bonchev–Trinajstić information content (AvgIpc) is 2.10. The first-order valence-electron chi connectivity index (χ1n) is 4.43. The molecule has 0 aliphatic rings. The molecular weight excluding hydrogens is 199 g/mol. The van der Waals surface area contributed by atoms with Gasteiger partial charge in [-0.3, -0.25) is 9.69 Å². The summed E-state index contributed by atoms with van der Waals surface area (Å²) in [5.74, 6) is -1.48. The zero-order valence-electron chi connectivity index (χ0n) is 8.40. The largest absolute Gasteiger partial charge is 0.505 e. The molecule has 0 radical (unpaired) electrons. The fourth-order valence-electron chi connectivity index (χ4n) is 1.28. The summed E-state index contributed by atoms with van der Waals surface area (Å²) in [6.07, 6.45) is 0. The van der Waals surface area contributed by atoms with Gasteiger partial charge in [-0.2, -0.15) is 0 Å². The van der Waals surface area contributed by atoms with E-state index in [1.165, 1.54) is 12.1 Å². The number of carbonyl (C=O) groups is 1. The minimum Gasteiger partial charge on any atom is -0.505 e. The number of phenolic OH excluding ortho intramolecular Hbond substituents is 1. The third-order valence-corrected chi connectivity index (χ3v) is 1.89. The summed E-state index contributed by atoms with van der Waals surface area (Å²) in [5, 5.41) is 8.96. The molecule has 3 N–H and O–H groups in total. The van der Waals surface area contributed by atoms with Gasteiger partial charge in [0.1, 0.15) is 0 Å². The van der Waals surface area contributed by atoms with Crippen molar-refractivity contribution in [3.05, 3.63) is 29.6 Å². The molecule has 0 bridgehead atoms. The van der Waals surface area contributed by atoms with Gasteiger partial charge in [0.25, 0.3) is 0 Å². The number of halogens is 1. The maximum Gasteiger partial charge on any atom is 0.231 e. The Kier molecular flexibility index (Phi) is 3.62. The van der Waals surface area contributed by atoms with Crippen LogP contribution in [0.5, 0.6) is 5.75 Å². The predicted molar refractivity (Wildman–Crippen MR) is 53.6 cm³/mol. The lowest BCUT2D eigenvalue weighted by Crippen LogP contribution is -2.30. The van der Waals surface area contributed by atoms with Gasteiger partial charge in [0.2, 0.25) is 5.91 Å². The number of hydrogen-bond acceptors (Lipinski definition) is 3. The van der Waals surface area contributed by atoms with E-state index in [1.54, 1.807) is 18.0 Å². The number of amides is 1. The minimum absolute atomic E-state index is 0.114. The first-order valence-corrected chi connectivity index (χ1v) is 4.43. The number of primary amides is 1. The number of phenols is 1. The fraction of sp³-hybridized carbons (Fsp3) is 0.300. The van der Waals surface area contributed by atoms with Crippen LogP contribution in [0.1, 0.15) is 5.56 Å². The van der Waals surface area contributed by atoms with Crippen molar-refractivity contribution in [2.24, 2.45) is 5.73 Å². The van der Waals surface area contributed by atoms with Crippen LogP contribution >= 0.6 is 0 Å². The van der Waals surface area contributed by atoms with Crippen LogP contribution in [0.2, 0.25) is 0 Å². The summed E-state index contributed by atoms with van der Waals surface area (Å²) in [6.45, 7) is 0.517. The monoisotopic (exact) mass is 212 g/mol. The highest BCUT2D eigenvalue weighted by atomic mass is 19.1. The van der Waals surface area contributed by atoms with Crippen LogP contribution in [-0.2, 0) is 11.3 Å². The summed E-state index contributed by atoms with van der Waals surface area (Å²) in [6, 6.07) is 4.10. The lowest BCUT2D eigenvalue weighted by Gasteiger charge is -2.14. The van der Waals surface area contributed by atoms with Crippen LogP contribution in [0.3, 0.4) is 0 Å². The normalized spacial score (nSPS) is 10.6. The van der Waals surface area contributed by atoms with Crippen molar-refractivity contribution in [2.45, 2.75) is 6.54 Å². The molecule has 5 heteroatoms. The SMILES string of the molecule is CN(CC(N)=O)Cc1ccc(O)c(F)c1. The quantitative estimate of drug-likeness (QED) is 0.761. The number of nitrogens with zero attached hydrogens (tertiary/aromatic N) is 1. The molecule has 82 valence electrons. The predicted octanol–water partition coefficient (Wildman–Crippen LogP) is 0.448. The maximum absolute atomic E-state index is 12.9. The Morgan fingerprint density at radius 3 is 2.80 bits per heavy atom. The summed E-state index contributed by atoms with van der Waals surface area (Å²) < 4.78 is 12.9. The standard InChI is InChI=1S/C10H13FN2O2/c1-13(6-10(12)15)5-7-2-3-9(14)8(11)4-7/h2-4,14H,5-6H2,1H3,(H2,12,15). The van der Waals surface area contributed by atoms with Gasteiger partial charge in [0.15, 0.2) is 11.6 Å². The van der Waals surface area contributed by atoms with Gasteiger partial charge in [-0.25, -0.2) is 4.39 Å². The highest BCUT2D eigenvalue weighted by Gasteiger charge is 2.06. The molecule has 0 saturated heterocycles. The van der Waals surface area contributed by atoms with Gasteiger partial charge in [-0.15, -0.1) is 0 Å². The number of hydrogen-bond donors (Lipinski definition) is 2. The van der Waals surface area contributed by atoms with Crippen LogP contribution in [0.15, 0.2) is 18.2 Å². The second kappa shape index (κ2) is 4.75. The summed E-state index contributed by atoms with van der Waals surface area (Å²) in [4.78, 5) is 12.2. The molecule has 4 nitrogen and oxygen atoms in total. The van der Waals surface area contributed by atoms with Crippen molar-refractivity contribution < 1.29 is 14.3 Å². The highest BCUT2D eigenvalue weighted by molar-refractivity contribution is 5.75. The Morgan fingerprint density at radius 1 is 1.60 bits per heavy atom. The maximum atomic E-state index is 12.9. The van der Waals surface area contributed by atoms with E-state index in [1.807, 2.05) is 0 Å². The second-order valence-corrected chi connectivity index (χ2v) is 3.42. The van der Waals surface area contributed by atoms with Crippen LogP contribution in [0.4, 0.5) is 4.39 Å². The summed E-state index contributed by atoms with van der Waals surface area (Å²) in [7, 11) is 1.70. The molecule has 0 unspecified atom stereocenters. The van der Waals surface area contributed by atoms with Gasteiger partial charge in [-0.05, 0) is 24.7 Å². The Balaban J connectivity index is 2.64. The fourth-order valence-corrected chi connectivity index (χ4v) is 1.28. The Labute approximate surface area is 87.1 Å². The molecule has 15 heavy (non-hydrogen) atoms. The molecule has 0 heterocycles. The zero-order valence-corrected chi connectivity index (χ0v) is 8.40. The second-order valence-electron chi connectivity index (χ2n) is 3.42. The van der Waals surface area contributed by atoms with E-state index in [4.69, 9.17) is 10.8 Å². The van der Waals surface area contributed by atoms with E-state index >= 15 is 0 Å². The smallest absolute Gasteiger partial charge is 0.231 e. The Bertz CT molecular complexity index is 368. The van der Waals surface area contributed by atoms with E-state index in [-0.39, 0.29) is 12.3 Å². The van der Waals surface area contributed by atoms with E-state index in [2.05, 4.69) is 0 Å². The number of rotatable bonds is 4. The molecule has 0 atom stereocenters. The Morgan fingerprint density at radius 2 is 2.27 bits per heavy atom.